The van der Waals surface area contributed by atoms with E-state index in [0.29, 0.717) is 18.2 Å². The summed E-state index contributed by atoms with van der Waals surface area (Å²) < 4.78 is 18.5. The van der Waals surface area contributed by atoms with Crippen LogP contribution in [0.25, 0.3) is 0 Å². The number of carbonyl (C=O) groups is 1. The molecule has 2 aromatic carbocycles. The molecule has 0 atom stereocenters. The number of nitrogens with zero attached hydrogens (tertiary/aromatic N) is 1. The van der Waals surface area contributed by atoms with Gasteiger partial charge < -0.3 is 10.1 Å². The number of ether oxygens (including phenoxy) is 1. The molecule has 0 saturated heterocycles. The zero-order chi connectivity index (χ0) is 17.5. The van der Waals surface area contributed by atoms with Gasteiger partial charge in [-0.15, -0.1) is 0 Å². The lowest BCUT2D eigenvalue weighted by Gasteiger charge is -2.08. The summed E-state index contributed by atoms with van der Waals surface area (Å²) in [6.45, 7) is 0.388. The normalized spacial score (nSPS) is 10.3. The summed E-state index contributed by atoms with van der Waals surface area (Å²) in [6.07, 6.45) is 1.87. The lowest BCUT2D eigenvalue weighted by atomic mass is 10.1. The van der Waals surface area contributed by atoms with Gasteiger partial charge in [-0.2, -0.15) is 0 Å². The van der Waals surface area contributed by atoms with Crippen LogP contribution >= 0.6 is 0 Å². The van der Waals surface area contributed by atoms with Crippen molar-refractivity contribution < 1.29 is 13.9 Å². The van der Waals surface area contributed by atoms with Crippen molar-refractivity contribution in [3.8, 4) is 11.6 Å². The summed E-state index contributed by atoms with van der Waals surface area (Å²) in [5.74, 6) is 0.737. The van der Waals surface area contributed by atoms with Crippen molar-refractivity contribution in [3.63, 3.8) is 0 Å². The minimum atomic E-state index is -0.311. The molecule has 0 saturated carbocycles. The first-order valence-electron chi connectivity index (χ1n) is 7.88. The summed E-state index contributed by atoms with van der Waals surface area (Å²) in [5, 5.41) is 2.85. The number of carbonyl (C=O) groups excluding carboxylic acids is 1. The number of hydrogen-bond donors (Lipinski definition) is 1. The van der Waals surface area contributed by atoms with Crippen LogP contribution in [0.5, 0.6) is 11.6 Å². The maximum absolute atomic E-state index is 12.9. The number of benzene rings is 2. The van der Waals surface area contributed by atoms with E-state index in [9.17, 15) is 9.18 Å². The Morgan fingerprint density at radius 2 is 1.84 bits per heavy atom. The van der Waals surface area contributed by atoms with Gasteiger partial charge in [0.2, 0.25) is 11.8 Å². The third-order valence-corrected chi connectivity index (χ3v) is 3.53. The topological polar surface area (TPSA) is 51.2 Å². The smallest absolute Gasteiger partial charge is 0.224 e. The molecule has 0 bridgehead atoms. The second-order valence-electron chi connectivity index (χ2n) is 5.50. The molecule has 5 heteroatoms. The van der Waals surface area contributed by atoms with Crippen molar-refractivity contribution in [2.24, 2.45) is 0 Å². The number of rotatable bonds is 6. The number of aromatic nitrogens is 1. The number of pyridine rings is 1. The summed E-state index contributed by atoms with van der Waals surface area (Å²) >= 11 is 0. The Kier molecular flexibility index (Phi) is 5.36. The van der Waals surface area contributed by atoms with Gasteiger partial charge in [0.15, 0.2) is 0 Å². The van der Waals surface area contributed by atoms with Crippen molar-refractivity contribution in [1.82, 2.24) is 10.3 Å². The van der Waals surface area contributed by atoms with Crippen LogP contribution in [0.2, 0.25) is 0 Å². The zero-order valence-corrected chi connectivity index (χ0v) is 13.5. The first-order valence-corrected chi connectivity index (χ1v) is 7.88. The fraction of sp³-hybridized carbons (Fsp3) is 0.100. The van der Waals surface area contributed by atoms with E-state index in [0.717, 1.165) is 11.1 Å². The van der Waals surface area contributed by atoms with Crippen molar-refractivity contribution >= 4 is 5.91 Å². The first-order chi connectivity index (χ1) is 12.2. The van der Waals surface area contributed by atoms with Crippen LogP contribution in [0.1, 0.15) is 11.1 Å². The van der Waals surface area contributed by atoms with Crippen LogP contribution in [-0.2, 0) is 17.8 Å². The molecule has 0 aliphatic carbocycles. The lowest BCUT2D eigenvalue weighted by molar-refractivity contribution is -0.120. The van der Waals surface area contributed by atoms with E-state index in [1.54, 1.807) is 24.4 Å². The summed E-state index contributed by atoms with van der Waals surface area (Å²) in [7, 11) is 0. The van der Waals surface area contributed by atoms with Gasteiger partial charge in [0.05, 0.1) is 6.42 Å². The number of nitrogens with one attached hydrogen (secondary N) is 1. The fourth-order valence-electron chi connectivity index (χ4n) is 2.30. The average molecular weight is 336 g/mol. The maximum atomic E-state index is 12.9. The molecule has 1 aromatic heterocycles. The molecule has 1 amide bonds. The third-order valence-electron chi connectivity index (χ3n) is 3.53. The summed E-state index contributed by atoms with van der Waals surface area (Å²) in [6, 6.07) is 18.8. The van der Waals surface area contributed by atoms with E-state index in [4.69, 9.17) is 4.74 Å². The van der Waals surface area contributed by atoms with Crippen molar-refractivity contribution in [2.45, 2.75) is 13.0 Å². The predicted molar refractivity (Wildman–Crippen MR) is 92.7 cm³/mol. The molecule has 0 fully saturated rings. The van der Waals surface area contributed by atoms with E-state index >= 15 is 0 Å². The van der Waals surface area contributed by atoms with Crippen molar-refractivity contribution in [2.75, 3.05) is 0 Å². The molecule has 0 spiro atoms. The minimum Gasteiger partial charge on any atom is -0.439 e. The Morgan fingerprint density at radius 3 is 2.60 bits per heavy atom. The van der Waals surface area contributed by atoms with Crippen LogP contribution < -0.4 is 10.1 Å². The molecule has 126 valence electrons. The van der Waals surface area contributed by atoms with Gasteiger partial charge in [-0.05, 0) is 41.5 Å². The molecule has 4 nitrogen and oxygen atoms in total. The molecule has 0 aliphatic rings. The Balaban J connectivity index is 1.55. The second-order valence-corrected chi connectivity index (χ2v) is 5.50. The van der Waals surface area contributed by atoms with Crippen molar-refractivity contribution in [1.29, 1.82) is 0 Å². The van der Waals surface area contributed by atoms with Crippen LogP contribution in [0.3, 0.4) is 0 Å². The van der Waals surface area contributed by atoms with Gasteiger partial charge in [-0.25, -0.2) is 9.37 Å². The van der Waals surface area contributed by atoms with E-state index in [1.807, 2.05) is 36.4 Å². The van der Waals surface area contributed by atoms with E-state index in [2.05, 4.69) is 10.3 Å². The molecule has 3 rings (SSSR count). The number of hydrogen-bond acceptors (Lipinski definition) is 3. The Hall–Kier alpha value is -3.21. The highest BCUT2D eigenvalue weighted by atomic mass is 19.1. The lowest BCUT2D eigenvalue weighted by Crippen LogP contribution is -2.24. The number of amides is 1. The molecular weight excluding hydrogens is 319 g/mol. The fourth-order valence-corrected chi connectivity index (χ4v) is 2.30. The first kappa shape index (κ1) is 16.6. The molecule has 1 N–H and O–H groups in total. The van der Waals surface area contributed by atoms with Crippen LogP contribution in [0, 0.1) is 5.82 Å². The molecular formula is C20H17FN2O2. The molecule has 0 unspecified atom stereocenters. The standard InChI is InChI=1S/C20H17FN2O2/c21-17-9-7-15(8-10-17)13-19(24)23-14-16-4-3-5-18(12-16)25-20-6-1-2-11-22-20/h1-12H,13-14H2,(H,23,24). The molecule has 3 aromatic rings. The van der Waals surface area contributed by atoms with Crippen LogP contribution in [0.15, 0.2) is 72.9 Å². The summed E-state index contributed by atoms with van der Waals surface area (Å²) in [4.78, 5) is 16.1. The maximum Gasteiger partial charge on any atom is 0.224 e. The van der Waals surface area contributed by atoms with Gasteiger partial charge in [-0.1, -0.05) is 30.3 Å². The van der Waals surface area contributed by atoms with Crippen LogP contribution in [-0.4, -0.2) is 10.9 Å². The highest BCUT2D eigenvalue weighted by Gasteiger charge is 2.05. The molecule has 0 radical (unpaired) electrons. The van der Waals surface area contributed by atoms with Gasteiger partial charge >= 0.3 is 0 Å². The Morgan fingerprint density at radius 1 is 1.00 bits per heavy atom. The largest absolute Gasteiger partial charge is 0.439 e. The van der Waals surface area contributed by atoms with Gasteiger partial charge in [0.25, 0.3) is 0 Å². The highest BCUT2D eigenvalue weighted by molar-refractivity contribution is 5.78. The van der Waals surface area contributed by atoms with Crippen molar-refractivity contribution in [3.05, 3.63) is 89.9 Å². The summed E-state index contributed by atoms with van der Waals surface area (Å²) in [5.41, 5.74) is 1.69. The third kappa shape index (κ3) is 5.14. The molecule has 0 aliphatic heterocycles. The quantitative estimate of drug-likeness (QED) is 0.743. The zero-order valence-electron chi connectivity index (χ0n) is 13.5. The van der Waals surface area contributed by atoms with E-state index < -0.39 is 0 Å². The predicted octanol–water partition coefficient (Wildman–Crippen LogP) is 3.87. The molecule has 25 heavy (non-hydrogen) atoms. The van der Waals surface area contributed by atoms with Gasteiger partial charge in [0.1, 0.15) is 11.6 Å². The second kappa shape index (κ2) is 8.06. The van der Waals surface area contributed by atoms with E-state index in [-0.39, 0.29) is 18.1 Å². The molecule has 1 heterocycles. The van der Waals surface area contributed by atoms with Crippen LogP contribution in [0.4, 0.5) is 4.39 Å². The SMILES string of the molecule is O=C(Cc1ccc(F)cc1)NCc1cccc(Oc2ccccn2)c1. The van der Waals surface area contributed by atoms with Gasteiger partial charge in [0, 0.05) is 18.8 Å². The monoisotopic (exact) mass is 336 g/mol. The van der Waals surface area contributed by atoms with E-state index in [1.165, 1.54) is 12.1 Å². The average Bonchev–Trinajstić information content (AvgIpc) is 2.63. The minimum absolute atomic E-state index is 0.123. The Labute approximate surface area is 145 Å². The van der Waals surface area contributed by atoms with Gasteiger partial charge in [-0.3, -0.25) is 4.79 Å². The number of halogens is 1. The Bertz CT molecular complexity index is 836. The highest BCUT2D eigenvalue weighted by Crippen LogP contribution is 2.19.